The molecule has 2 aliphatic heterocycles. The Balaban J connectivity index is 1.47. The second-order valence-electron chi connectivity index (χ2n) is 8.34. The molecule has 0 bridgehead atoms. The van der Waals surface area contributed by atoms with Crippen molar-refractivity contribution in [1.29, 1.82) is 0 Å². The number of likely N-dealkylation sites (tertiary alicyclic amines) is 1. The number of piperidine rings is 1. The zero-order valence-corrected chi connectivity index (χ0v) is 18.3. The summed E-state index contributed by atoms with van der Waals surface area (Å²) in [5.41, 5.74) is 6.60. The minimum Gasteiger partial charge on any atom is -0.480 e. The molecular formula is C22H29N7O4. The van der Waals surface area contributed by atoms with Crippen LogP contribution in [0.5, 0.6) is 0 Å². The zero-order valence-electron chi connectivity index (χ0n) is 18.3. The van der Waals surface area contributed by atoms with Crippen LogP contribution in [-0.2, 0) is 4.79 Å². The van der Waals surface area contributed by atoms with E-state index in [2.05, 4.69) is 15.6 Å². The lowest BCUT2D eigenvalue weighted by molar-refractivity contribution is -0.144. The first-order valence-electron chi connectivity index (χ1n) is 11.1. The monoisotopic (exact) mass is 455 g/mol. The van der Waals surface area contributed by atoms with E-state index in [9.17, 15) is 19.5 Å². The standard InChI is InChI=1S/C22H29N7O4/c23-16-5-10-27(11-6-16)19(20(30)31)15-1-3-17(4-2-15)29-12-7-18(26-22(29)33)25-21(32)28-13-8-24-9-14-28/h1-4,7,12,16,19,24H,5-6,8-11,13-14,23H2,(H,30,31)(H,25,26,32,33). The Morgan fingerprint density at radius 3 is 2.36 bits per heavy atom. The summed E-state index contributed by atoms with van der Waals surface area (Å²) >= 11 is 0. The molecule has 176 valence electrons. The lowest BCUT2D eigenvalue weighted by atomic mass is 9.99. The van der Waals surface area contributed by atoms with Crippen LogP contribution in [0, 0.1) is 0 Å². The molecule has 1 aromatic heterocycles. The molecule has 0 saturated carbocycles. The summed E-state index contributed by atoms with van der Waals surface area (Å²) in [6, 6.07) is 7.46. The van der Waals surface area contributed by atoms with Gasteiger partial charge < -0.3 is 21.1 Å². The number of aliphatic carboxylic acids is 1. The number of rotatable bonds is 5. The number of hydrogen-bond acceptors (Lipinski definition) is 7. The SMILES string of the molecule is NC1CCN(C(C(=O)O)c2ccc(-n3ccc(NC(=O)N4CCNCC4)nc3=O)cc2)CC1. The van der Waals surface area contributed by atoms with E-state index in [1.807, 2.05) is 4.90 Å². The molecular weight excluding hydrogens is 426 g/mol. The predicted molar refractivity (Wildman–Crippen MR) is 122 cm³/mol. The van der Waals surface area contributed by atoms with E-state index in [0.717, 1.165) is 25.9 Å². The Hall–Kier alpha value is -3.28. The summed E-state index contributed by atoms with van der Waals surface area (Å²) in [6.45, 7) is 3.90. The van der Waals surface area contributed by atoms with Crippen LogP contribution in [0.3, 0.4) is 0 Å². The molecule has 4 rings (SSSR count). The lowest BCUT2D eigenvalue weighted by Crippen LogP contribution is -2.48. The molecule has 3 heterocycles. The van der Waals surface area contributed by atoms with Crippen molar-refractivity contribution in [2.24, 2.45) is 5.73 Å². The van der Waals surface area contributed by atoms with Crippen molar-refractivity contribution < 1.29 is 14.7 Å². The summed E-state index contributed by atoms with van der Waals surface area (Å²) in [7, 11) is 0. The highest BCUT2D eigenvalue weighted by Crippen LogP contribution is 2.25. The molecule has 0 spiro atoms. The van der Waals surface area contributed by atoms with Crippen LogP contribution in [0.1, 0.15) is 24.4 Å². The third-order valence-electron chi connectivity index (χ3n) is 6.10. The van der Waals surface area contributed by atoms with E-state index in [1.165, 1.54) is 4.57 Å². The number of carboxylic acid groups (broad SMARTS) is 1. The molecule has 2 saturated heterocycles. The van der Waals surface area contributed by atoms with Crippen LogP contribution < -0.4 is 22.1 Å². The smallest absolute Gasteiger partial charge is 0.354 e. The number of nitrogens with one attached hydrogen (secondary N) is 2. The summed E-state index contributed by atoms with van der Waals surface area (Å²) in [5, 5.41) is 15.6. The Kier molecular flexibility index (Phi) is 7.02. The number of amides is 2. The first-order chi connectivity index (χ1) is 15.9. The Morgan fingerprint density at radius 1 is 1.09 bits per heavy atom. The summed E-state index contributed by atoms with van der Waals surface area (Å²) < 4.78 is 1.35. The molecule has 5 N–H and O–H groups in total. The van der Waals surface area contributed by atoms with Crippen molar-refractivity contribution in [1.82, 2.24) is 24.7 Å². The fourth-order valence-electron chi connectivity index (χ4n) is 4.23. The van der Waals surface area contributed by atoms with Crippen LogP contribution in [0.25, 0.3) is 5.69 Å². The van der Waals surface area contributed by atoms with Gasteiger partial charge in [-0.15, -0.1) is 0 Å². The van der Waals surface area contributed by atoms with Crippen molar-refractivity contribution in [3.05, 3.63) is 52.6 Å². The van der Waals surface area contributed by atoms with E-state index < -0.39 is 17.7 Å². The summed E-state index contributed by atoms with van der Waals surface area (Å²) in [6.07, 6.45) is 3.07. The Labute approximate surface area is 191 Å². The van der Waals surface area contributed by atoms with Crippen LogP contribution in [0.2, 0.25) is 0 Å². The third-order valence-corrected chi connectivity index (χ3v) is 6.10. The Morgan fingerprint density at radius 2 is 1.76 bits per heavy atom. The number of carboxylic acids is 1. The van der Waals surface area contributed by atoms with Crippen LogP contribution >= 0.6 is 0 Å². The predicted octanol–water partition coefficient (Wildman–Crippen LogP) is 0.218. The van der Waals surface area contributed by atoms with Crippen LogP contribution in [-0.4, -0.2) is 81.8 Å². The lowest BCUT2D eigenvalue weighted by Gasteiger charge is -2.34. The summed E-state index contributed by atoms with van der Waals surface area (Å²) in [4.78, 5) is 44.4. The number of nitrogens with two attached hydrogens (primary N) is 1. The van der Waals surface area contributed by atoms with Gasteiger partial charge in [0, 0.05) is 51.5 Å². The fraction of sp³-hybridized carbons (Fsp3) is 0.455. The molecule has 33 heavy (non-hydrogen) atoms. The van der Waals surface area contributed by atoms with Gasteiger partial charge in [0.15, 0.2) is 0 Å². The molecule has 0 aliphatic carbocycles. The quantitative estimate of drug-likeness (QED) is 0.501. The van der Waals surface area contributed by atoms with E-state index in [4.69, 9.17) is 5.73 Å². The van der Waals surface area contributed by atoms with Gasteiger partial charge in [0.25, 0.3) is 0 Å². The molecule has 2 fully saturated rings. The topological polar surface area (TPSA) is 146 Å². The van der Waals surface area contributed by atoms with Crippen LogP contribution in [0.15, 0.2) is 41.3 Å². The first-order valence-corrected chi connectivity index (χ1v) is 11.1. The fourth-order valence-corrected chi connectivity index (χ4v) is 4.23. The minimum atomic E-state index is -0.915. The highest BCUT2D eigenvalue weighted by atomic mass is 16.4. The van der Waals surface area contributed by atoms with E-state index in [-0.39, 0.29) is 17.9 Å². The van der Waals surface area contributed by atoms with Gasteiger partial charge in [0.05, 0.1) is 5.69 Å². The van der Waals surface area contributed by atoms with Crippen molar-refractivity contribution in [2.75, 3.05) is 44.6 Å². The van der Waals surface area contributed by atoms with Gasteiger partial charge in [0.2, 0.25) is 0 Å². The largest absolute Gasteiger partial charge is 0.480 e. The molecule has 1 atom stereocenters. The second-order valence-corrected chi connectivity index (χ2v) is 8.34. The maximum absolute atomic E-state index is 12.6. The van der Waals surface area contributed by atoms with Crippen LogP contribution in [0.4, 0.5) is 10.6 Å². The van der Waals surface area contributed by atoms with Gasteiger partial charge in [0.1, 0.15) is 11.9 Å². The molecule has 0 radical (unpaired) electrons. The molecule has 2 aromatic rings. The highest BCUT2D eigenvalue weighted by molar-refractivity contribution is 5.88. The van der Waals surface area contributed by atoms with Gasteiger partial charge >= 0.3 is 17.7 Å². The molecule has 11 heteroatoms. The maximum atomic E-state index is 12.6. The average Bonchev–Trinajstić information content (AvgIpc) is 2.81. The highest BCUT2D eigenvalue weighted by Gasteiger charge is 2.30. The van der Waals surface area contributed by atoms with Crippen molar-refractivity contribution in [3.63, 3.8) is 0 Å². The maximum Gasteiger partial charge on any atom is 0.354 e. The first kappa shape index (κ1) is 22.9. The van der Waals surface area contributed by atoms with Gasteiger partial charge in [-0.3, -0.25) is 19.6 Å². The summed E-state index contributed by atoms with van der Waals surface area (Å²) in [5.74, 6) is -0.729. The third kappa shape index (κ3) is 5.38. The van der Waals surface area contributed by atoms with Gasteiger partial charge in [-0.1, -0.05) is 12.1 Å². The number of urea groups is 1. The average molecular weight is 456 g/mol. The normalized spacial score (nSPS) is 18.6. The number of hydrogen-bond donors (Lipinski definition) is 4. The van der Waals surface area contributed by atoms with E-state index >= 15 is 0 Å². The van der Waals surface area contributed by atoms with Gasteiger partial charge in [-0.05, 0) is 36.6 Å². The number of anilines is 1. The molecule has 1 unspecified atom stereocenters. The number of piperazine rings is 1. The second kappa shape index (κ2) is 10.1. The molecule has 2 amide bonds. The van der Waals surface area contributed by atoms with Crippen molar-refractivity contribution in [3.8, 4) is 5.69 Å². The molecule has 11 nitrogen and oxygen atoms in total. The van der Waals surface area contributed by atoms with Gasteiger partial charge in [-0.25, -0.2) is 9.59 Å². The minimum absolute atomic E-state index is 0.113. The Bertz CT molecular complexity index is 1040. The number of nitrogens with zero attached hydrogens (tertiary/aromatic N) is 4. The van der Waals surface area contributed by atoms with E-state index in [1.54, 1.807) is 41.4 Å². The van der Waals surface area contributed by atoms with Crippen molar-refractivity contribution >= 4 is 17.8 Å². The number of aromatic nitrogens is 2. The van der Waals surface area contributed by atoms with Crippen molar-refractivity contribution in [2.45, 2.75) is 24.9 Å². The molecule has 1 aromatic carbocycles. The number of carbonyl (C=O) groups is 2. The molecule has 2 aliphatic rings. The van der Waals surface area contributed by atoms with Gasteiger partial charge in [-0.2, -0.15) is 4.98 Å². The zero-order chi connectivity index (χ0) is 23.4. The number of benzene rings is 1. The van der Waals surface area contributed by atoms with E-state index in [0.29, 0.717) is 37.4 Å². The number of carbonyl (C=O) groups excluding carboxylic acids is 1.